The third-order valence-electron chi connectivity index (χ3n) is 7.01. The van der Waals surface area contributed by atoms with Crippen LogP contribution in [0.5, 0.6) is 5.75 Å². The fourth-order valence-electron chi connectivity index (χ4n) is 5.17. The molecule has 202 valence electrons. The average molecular weight is 559 g/mol. The van der Waals surface area contributed by atoms with Gasteiger partial charge in [-0.3, -0.25) is 9.20 Å². The van der Waals surface area contributed by atoms with Gasteiger partial charge in [0.05, 0.1) is 24.1 Å². The molecule has 11 heteroatoms. The molecule has 0 radical (unpaired) electrons. The third kappa shape index (κ3) is 4.01. The zero-order valence-corrected chi connectivity index (χ0v) is 22.7. The van der Waals surface area contributed by atoms with Crippen molar-refractivity contribution in [2.75, 3.05) is 12.8 Å². The van der Waals surface area contributed by atoms with Crippen LogP contribution >= 0.6 is 11.3 Å². The van der Waals surface area contributed by atoms with E-state index in [9.17, 15) is 13.6 Å². The number of fused-ring (bicyclic) bond motifs is 2. The van der Waals surface area contributed by atoms with E-state index in [0.29, 0.717) is 45.4 Å². The fourth-order valence-corrected chi connectivity index (χ4v) is 6.10. The highest BCUT2D eigenvalue weighted by Gasteiger charge is 2.27. The Morgan fingerprint density at radius 1 is 1.10 bits per heavy atom. The van der Waals surface area contributed by atoms with Gasteiger partial charge in [-0.15, -0.1) is 11.3 Å². The molecule has 4 aromatic heterocycles. The molecule has 2 aromatic carbocycles. The largest absolute Gasteiger partial charge is 0.494 e. The Labute approximate surface area is 231 Å². The monoisotopic (exact) mass is 558 g/mol. The van der Waals surface area contributed by atoms with E-state index >= 15 is 0 Å². The molecule has 6 aromatic rings. The Bertz CT molecular complexity index is 1980. The van der Waals surface area contributed by atoms with Crippen molar-refractivity contribution in [2.24, 2.45) is 0 Å². The molecule has 0 aliphatic carbocycles. The topological polar surface area (TPSA) is 100 Å². The van der Waals surface area contributed by atoms with Gasteiger partial charge in [0.2, 0.25) is 0 Å². The van der Waals surface area contributed by atoms with Gasteiger partial charge in [0.25, 0.3) is 5.56 Å². The summed E-state index contributed by atoms with van der Waals surface area (Å²) in [5.74, 6) is -0.711. The SMILES string of the molecule is CCC(c1cc2scc(C)n2c(=O)c1-c1cccc(F)c1)n1nc(-c2ccc(OC)c(F)c2)c2c(N)ncnc21. The summed E-state index contributed by atoms with van der Waals surface area (Å²) in [7, 11) is 1.39. The fraction of sp³-hybridized carbons (Fsp3) is 0.172. The second kappa shape index (κ2) is 9.83. The van der Waals surface area contributed by atoms with Crippen LogP contribution in [-0.2, 0) is 0 Å². The minimum absolute atomic E-state index is 0.0999. The van der Waals surface area contributed by atoms with E-state index in [1.165, 1.54) is 49.0 Å². The summed E-state index contributed by atoms with van der Waals surface area (Å²) in [6.45, 7) is 3.82. The predicted octanol–water partition coefficient (Wildman–Crippen LogP) is 6.01. The summed E-state index contributed by atoms with van der Waals surface area (Å²) >= 11 is 1.45. The molecular weight excluding hydrogens is 534 g/mol. The lowest BCUT2D eigenvalue weighted by Crippen LogP contribution is -2.22. The molecule has 0 aliphatic rings. The highest BCUT2D eigenvalue weighted by atomic mass is 32.1. The number of benzene rings is 2. The van der Waals surface area contributed by atoms with E-state index in [1.54, 1.807) is 27.3 Å². The number of hydrogen-bond donors (Lipinski definition) is 1. The molecule has 0 aliphatic heterocycles. The van der Waals surface area contributed by atoms with Crippen molar-refractivity contribution in [3.8, 4) is 28.1 Å². The van der Waals surface area contributed by atoms with E-state index in [-0.39, 0.29) is 17.1 Å². The Morgan fingerprint density at radius 2 is 1.93 bits per heavy atom. The molecule has 0 fully saturated rings. The van der Waals surface area contributed by atoms with Gasteiger partial charge in [0, 0.05) is 16.6 Å². The maximum Gasteiger partial charge on any atom is 0.264 e. The van der Waals surface area contributed by atoms with Gasteiger partial charge < -0.3 is 10.5 Å². The van der Waals surface area contributed by atoms with E-state index in [2.05, 4.69) is 9.97 Å². The van der Waals surface area contributed by atoms with Crippen molar-refractivity contribution in [3.05, 3.63) is 93.5 Å². The molecule has 6 rings (SSSR count). The normalized spacial score (nSPS) is 12.3. The number of halogens is 2. The smallest absolute Gasteiger partial charge is 0.264 e. The van der Waals surface area contributed by atoms with E-state index < -0.39 is 17.7 Å². The number of aromatic nitrogens is 5. The summed E-state index contributed by atoms with van der Waals surface area (Å²) in [5, 5.41) is 7.25. The highest BCUT2D eigenvalue weighted by Crippen LogP contribution is 2.38. The zero-order valence-electron chi connectivity index (χ0n) is 21.9. The molecule has 0 spiro atoms. The molecule has 0 saturated heterocycles. The number of nitrogens with two attached hydrogens (primary N) is 1. The Balaban J connectivity index is 1.65. The number of methoxy groups -OCH3 is 1. The van der Waals surface area contributed by atoms with Crippen LogP contribution in [0.3, 0.4) is 0 Å². The van der Waals surface area contributed by atoms with Crippen molar-refractivity contribution in [3.63, 3.8) is 0 Å². The zero-order chi connectivity index (χ0) is 28.1. The van der Waals surface area contributed by atoms with Crippen molar-refractivity contribution in [1.82, 2.24) is 24.1 Å². The molecule has 2 N–H and O–H groups in total. The average Bonchev–Trinajstić information content (AvgIpc) is 3.51. The van der Waals surface area contributed by atoms with Crippen molar-refractivity contribution in [1.29, 1.82) is 0 Å². The summed E-state index contributed by atoms with van der Waals surface area (Å²) in [6, 6.07) is 12.0. The van der Waals surface area contributed by atoms with E-state index in [1.807, 2.05) is 25.3 Å². The second-order valence-electron chi connectivity index (χ2n) is 9.36. The van der Waals surface area contributed by atoms with Crippen molar-refractivity contribution < 1.29 is 13.5 Å². The Kier molecular flexibility index (Phi) is 6.30. The summed E-state index contributed by atoms with van der Waals surface area (Å²) < 4.78 is 37.5. The lowest BCUT2D eigenvalue weighted by atomic mass is 9.95. The van der Waals surface area contributed by atoms with Crippen LogP contribution in [-0.4, -0.2) is 31.3 Å². The number of nitrogen functional groups attached to an aromatic ring is 1. The van der Waals surface area contributed by atoms with Gasteiger partial charge in [0.1, 0.15) is 28.5 Å². The number of nitrogens with zero attached hydrogens (tertiary/aromatic N) is 5. The molecule has 8 nitrogen and oxygen atoms in total. The molecule has 1 atom stereocenters. The summed E-state index contributed by atoms with van der Waals surface area (Å²) in [5.41, 5.74) is 9.62. The van der Waals surface area contributed by atoms with Crippen molar-refractivity contribution >= 4 is 33.0 Å². The highest BCUT2D eigenvalue weighted by molar-refractivity contribution is 7.15. The molecule has 0 bridgehead atoms. The quantitative estimate of drug-likeness (QED) is 0.269. The van der Waals surface area contributed by atoms with Gasteiger partial charge in [0.15, 0.2) is 17.2 Å². The first-order valence-corrected chi connectivity index (χ1v) is 13.4. The summed E-state index contributed by atoms with van der Waals surface area (Å²) in [4.78, 5) is 23.4. The minimum atomic E-state index is -0.551. The van der Waals surface area contributed by atoms with Gasteiger partial charge in [-0.05, 0) is 60.9 Å². The number of pyridine rings is 1. The number of ether oxygens (including phenoxy) is 1. The van der Waals surface area contributed by atoms with Crippen LogP contribution in [0.15, 0.2) is 65.0 Å². The van der Waals surface area contributed by atoms with E-state index in [4.69, 9.17) is 15.6 Å². The number of aryl methyl sites for hydroxylation is 1. The first-order chi connectivity index (χ1) is 19.3. The third-order valence-corrected chi connectivity index (χ3v) is 8.01. The van der Waals surface area contributed by atoms with Crippen LogP contribution in [0.1, 0.15) is 30.6 Å². The minimum Gasteiger partial charge on any atom is -0.494 e. The second-order valence-corrected chi connectivity index (χ2v) is 10.3. The summed E-state index contributed by atoms with van der Waals surface area (Å²) in [6.07, 6.45) is 1.86. The lowest BCUT2D eigenvalue weighted by Gasteiger charge is -2.21. The van der Waals surface area contributed by atoms with Crippen LogP contribution in [0.4, 0.5) is 14.6 Å². The van der Waals surface area contributed by atoms with Gasteiger partial charge in [-0.1, -0.05) is 19.1 Å². The Hall–Kier alpha value is -4.64. The van der Waals surface area contributed by atoms with Gasteiger partial charge >= 0.3 is 0 Å². The number of anilines is 1. The number of thiazole rings is 1. The lowest BCUT2D eigenvalue weighted by molar-refractivity contribution is 0.386. The van der Waals surface area contributed by atoms with E-state index in [0.717, 1.165) is 10.5 Å². The maximum atomic E-state index is 14.7. The Morgan fingerprint density at radius 3 is 2.65 bits per heavy atom. The van der Waals surface area contributed by atoms with Crippen molar-refractivity contribution in [2.45, 2.75) is 26.3 Å². The number of rotatable bonds is 6. The standard InChI is InChI=1S/C29H24F2N6O2S/c1-4-21(19-12-23-36(15(2)13-40-23)29(38)24(19)16-6-5-7-18(30)10-16)37-28-25(27(32)33-14-34-28)26(35-37)17-8-9-22(39-3)20(31)11-17/h5-14,21H,4H2,1-3H3,(H2,32,33,34). The maximum absolute atomic E-state index is 14.7. The van der Waals surface area contributed by atoms with Gasteiger partial charge in [-0.2, -0.15) is 5.10 Å². The van der Waals surface area contributed by atoms with Crippen LogP contribution < -0.4 is 16.0 Å². The molecule has 4 heterocycles. The first kappa shape index (κ1) is 25.6. The predicted molar refractivity (Wildman–Crippen MR) is 152 cm³/mol. The first-order valence-electron chi connectivity index (χ1n) is 12.5. The van der Waals surface area contributed by atoms with Crippen LogP contribution in [0.2, 0.25) is 0 Å². The van der Waals surface area contributed by atoms with Crippen LogP contribution in [0.25, 0.3) is 38.2 Å². The molecule has 40 heavy (non-hydrogen) atoms. The molecular formula is C29H24F2N6O2S. The molecule has 0 amide bonds. The van der Waals surface area contributed by atoms with Gasteiger partial charge in [-0.25, -0.2) is 23.4 Å². The molecule has 1 unspecified atom stereocenters. The van der Waals surface area contributed by atoms with Crippen LogP contribution in [0, 0.1) is 18.6 Å². The molecule has 0 saturated carbocycles. The number of hydrogen-bond acceptors (Lipinski definition) is 7.